The minimum absolute atomic E-state index is 0.180. The summed E-state index contributed by atoms with van der Waals surface area (Å²) in [5.41, 5.74) is 0.180. The van der Waals surface area contributed by atoms with Crippen LogP contribution in [0.5, 0.6) is 0 Å². The third kappa shape index (κ3) is 2.53. The van der Waals surface area contributed by atoms with Crippen molar-refractivity contribution in [1.82, 2.24) is 29.8 Å². The molecule has 2 heterocycles. The van der Waals surface area contributed by atoms with Gasteiger partial charge >= 0.3 is 5.97 Å². The molecule has 0 aromatic carbocycles. The summed E-state index contributed by atoms with van der Waals surface area (Å²) >= 11 is 0. The van der Waals surface area contributed by atoms with Gasteiger partial charge in [0.25, 0.3) is 0 Å². The van der Waals surface area contributed by atoms with E-state index in [2.05, 4.69) is 32.1 Å². The lowest BCUT2D eigenvalue weighted by molar-refractivity contribution is 0.0594. The van der Waals surface area contributed by atoms with Gasteiger partial charge in [-0.1, -0.05) is 12.1 Å². The van der Waals surface area contributed by atoms with Crippen molar-refractivity contribution in [2.75, 3.05) is 7.11 Å². The van der Waals surface area contributed by atoms with Crippen molar-refractivity contribution in [1.29, 1.82) is 0 Å². The molecule has 0 spiro atoms. The number of aryl methyl sites for hydroxylation is 1. The standard InChI is InChI=1S/C10H14N6O2/c1-3-4-16-9(11-7-12-16)6-15-5-8(13-14-15)10(17)18-2/h5,7H,3-4,6H2,1-2H3. The molecule has 0 radical (unpaired) electrons. The number of hydrogen-bond donors (Lipinski definition) is 0. The minimum Gasteiger partial charge on any atom is -0.464 e. The van der Waals surface area contributed by atoms with E-state index in [0.29, 0.717) is 6.54 Å². The second-order valence-electron chi connectivity index (χ2n) is 3.69. The lowest BCUT2D eigenvalue weighted by atomic mass is 10.4. The van der Waals surface area contributed by atoms with Gasteiger partial charge in [0.15, 0.2) is 5.69 Å². The zero-order chi connectivity index (χ0) is 13.0. The first-order valence-corrected chi connectivity index (χ1v) is 5.59. The molecule has 0 unspecified atom stereocenters. The number of aromatic nitrogens is 6. The maximum absolute atomic E-state index is 11.2. The molecule has 2 aromatic heterocycles. The molecule has 2 aromatic rings. The van der Waals surface area contributed by atoms with Crippen LogP contribution >= 0.6 is 0 Å². The van der Waals surface area contributed by atoms with Gasteiger partial charge in [0.2, 0.25) is 0 Å². The predicted octanol–water partition coefficient (Wildman–Crippen LogP) is 0.114. The van der Waals surface area contributed by atoms with Crippen LogP contribution in [0.2, 0.25) is 0 Å². The summed E-state index contributed by atoms with van der Waals surface area (Å²) < 4.78 is 7.89. The summed E-state index contributed by atoms with van der Waals surface area (Å²) in [7, 11) is 1.30. The number of hydrogen-bond acceptors (Lipinski definition) is 6. The molecule has 0 N–H and O–H groups in total. The fourth-order valence-electron chi connectivity index (χ4n) is 1.53. The van der Waals surface area contributed by atoms with E-state index in [4.69, 9.17) is 0 Å². The summed E-state index contributed by atoms with van der Waals surface area (Å²) in [4.78, 5) is 15.4. The van der Waals surface area contributed by atoms with E-state index in [1.807, 2.05) is 0 Å². The molecule has 0 atom stereocenters. The molecular formula is C10H14N6O2. The van der Waals surface area contributed by atoms with Crippen LogP contribution in [0, 0.1) is 0 Å². The monoisotopic (exact) mass is 250 g/mol. The second kappa shape index (κ2) is 5.39. The van der Waals surface area contributed by atoms with Crippen molar-refractivity contribution in [2.45, 2.75) is 26.4 Å². The summed E-state index contributed by atoms with van der Waals surface area (Å²) in [5, 5.41) is 11.7. The van der Waals surface area contributed by atoms with Crippen molar-refractivity contribution in [3.8, 4) is 0 Å². The maximum Gasteiger partial charge on any atom is 0.360 e. The Morgan fingerprint density at radius 2 is 2.33 bits per heavy atom. The molecule has 2 rings (SSSR count). The van der Waals surface area contributed by atoms with E-state index < -0.39 is 5.97 Å². The average Bonchev–Trinajstić information content (AvgIpc) is 3.00. The van der Waals surface area contributed by atoms with Crippen LogP contribution in [0.1, 0.15) is 29.7 Å². The van der Waals surface area contributed by atoms with E-state index in [-0.39, 0.29) is 5.69 Å². The van der Waals surface area contributed by atoms with Gasteiger partial charge < -0.3 is 4.74 Å². The Bertz CT molecular complexity index is 532. The molecule has 0 amide bonds. The summed E-state index contributed by atoms with van der Waals surface area (Å²) in [6.45, 7) is 3.29. The summed E-state index contributed by atoms with van der Waals surface area (Å²) in [6, 6.07) is 0. The fourth-order valence-corrected chi connectivity index (χ4v) is 1.53. The lowest BCUT2D eigenvalue weighted by Crippen LogP contribution is -2.10. The van der Waals surface area contributed by atoms with E-state index in [0.717, 1.165) is 18.8 Å². The highest BCUT2D eigenvalue weighted by molar-refractivity contribution is 5.86. The molecule has 0 aliphatic carbocycles. The topological polar surface area (TPSA) is 87.7 Å². The van der Waals surface area contributed by atoms with Crippen molar-refractivity contribution in [3.05, 3.63) is 24.0 Å². The molecule has 0 saturated heterocycles. The van der Waals surface area contributed by atoms with Crippen molar-refractivity contribution in [3.63, 3.8) is 0 Å². The zero-order valence-corrected chi connectivity index (χ0v) is 10.3. The molecular weight excluding hydrogens is 236 g/mol. The molecule has 0 aliphatic rings. The molecule has 18 heavy (non-hydrogen) atoms. The quantitative estimate of drug-likeness (QED) is 0.700. The van der Waals surface area contributed by atoms with Crippen LogP contribution in [0.3, 0.4) is 0 Å². The van der Waals surface area contributed by atoms with Crippen LogP contribution in [0.15, 0.2) is 12.5 Å². The first-order valence-electron chi connectivity index (χ1n) is 5.59. The van der Waals surface area contributed by atoms with E-state index >= 15 is 0 Å². The smallest absolute Gasteiger partial charge is 0.360 e. The number of methoxy groups -OCH3 is 1. The highest BCUT2D eigenvalue weighted by atomic mass is 16.5. The number of nitrogens with zero attached hydrogens (tertiary/aromatic N) is 6. The first-order chi connectivity index (χ1) is 8.74. The van der Waals surface area contributed by atoms with Crippen LogP contribution in [0.25, 0.3) is 0 Å². The SMILES string of the molecule is CCCn1ncnc1Cn1cc(C(=O)OC)nn1. The molecule has 8 nitrogen and oxygen atoms in total. The number of carbonyl (C=O) groups excluding carboxylic acids is 1. The number of rotatable bonds is 5. The van der Waals surface area contributed by atoms with E-state index in [1.54, 1.807) is 4.68 Å². The summed E-state index contributed by atoms with van der Waals surface area (Å²) in [5.74, 6) is 0.273. The van der Waals surface area contributed by atoms with Gasteiger partial charge in [-0.3, -0.25) is 0 Å². The van der Waals surface area contributed by atoms with Crippen LogP contribution in [-0.2, 0) is 17.8 Å². The Morgan fingerprint density at radius 3 is 3.06 bits per heavy atom. The Hall–Kier alpha value is -2.25. The largest absolute Gasteiger partial charge is 0.464 e. The first kappa shape index (κ1) is 12.2. The number of ether oxygens (including phenoxy) is 1. The third-order valence-electron chi connectivity index (χ3n) is 2.37. The summed E-state index contributed by atoms with van der Waals surface area (Å²) in [6.07, 6.45) is 4.00. The molecule has 0 bridgehead atoms. The Labute approximate surface area is 104 Å². The van der Waals surface area contributed by atoms with E-state index in [1.165, 1.54) is 24.3 Å². The Balaban J connectivity index is 2.11. The van der Waals surface area contributed by atoms with Crippen molar-refractivity contribution < 1.29 is 9.53 Å². The van der Waals surface area contributed by atoms with Gasteiger partial charge in [-0.25, -0.2) is 19.1 Å². The average molecular weight is 250 g/mol. The number of carbonyl (C=O) groups is 1. The van der Waals surface area contributed by atoms with Crippen LogP contribution in [0.4, 0.5) is 0 Å². The van der Waals surface area contributed by atoms with Gasteiger partial charge in [0, 0.05) is 6.54 Å². The maximum atomic E-state index is 11.2. The molecule has 0 aliphatic heterocycles. The van der Waals surface area contributed by atoms with Gasteiger partial charge in [0.1, 0.15) is 18.7 Å². The van der Waals surface area contributed by atoms with Gasteiger partial charge in [-0.2, -0.15) is 5.10 Å². The van der Waals surface area contributed by atoms with Crippen molar-refractivity contribution >= 4 is 5.97 Å². The molecule has 8 heteroatoms. The number of esters is 1. The minimum atomic E-state index is -0.503. The van der Waals surface area contributed by atoms with Gasteiger partial charge in [-0.05, 0) is 6.42 Å². The predicted molar refractivity (Wildman–Crippen MR) is 60.8 cm³/mol. The molecule has 0 fully saturated rings. The zero-order valence-electron chi connectivity index (χ0n) is 10.3. The molecule has 0 saturated carbocycles. The van der Waals surface area contributed by atoms with Crippen LogP contribution < -0.4 is 0 Å². The lowest BCUT2D eigenvalue weighted by Gasteiger charge is -2.03. The third-order valence-corrected chi connectivity index (χ3v) is 2.37. The highest BCUT2D eigenvalue weighted by Gasteiger charge is 2.12. The molecule has 96 valence electrons. The van der Waals surface area contributed by atoms with E-state index in [9.17, 15) is 4.79 Å². The Morgan fingerprint density at radius 1 is 1.50 bits per heavy atom. The van der Waals surface area contributed by atoms with Gasteiger partial charge in [0.05, 0.1) is 13.3 Å². The highest BCUT2D eigenvalue weighted by Crippen LogP contribution is 2.01. The van der Waals surface area contributed by atoms with Gasteiger partial charge in [-0.15, -0.1) is 5.10 Å². The Kier molecular flexibility index (Phi) is 3.66. The fraction of sp³-hybridized carbons (Fsp3) is 0.500. The second-order valence-corrected chi connectivity index (χ2v) is 3.69. The van der Waals surface area contributed by atoms with Crippen LogP contribution in [-0.4, -0.2) is 42.8 Å². The van der Waals surface area contributed by atoms with Crippen molar-refractivity contribution in [2.24, 2.45) is 0 Å². The normalized spacial score (nSPS) is 10.6.